The van der Waals surface area contributed by atoms with Gasteiger partial charge in [-0.2, -0.15) is 0 Å². The molecule has 24 heavy (non-hydrogen) atoms. The molecule has 1 spiro atoms. The molecule has 0 atom stereocenters. The van der Waals surface area contributed by atoms with E-state index in [-0.39, 0.29) is 12.6 Å². The molecule has 130 valence electrons. The third kappa shape index (κ3) is 3.19. The van der Waals surface area contributed by atoms with Crippen LogP contribution in [0.4, 0.5) is 4.79 Å². The monoisotopic (exact) mass is 334 g/mol. The van der Waals surface area contributed by atoms with Gasteiger partial charge in [-0.15, -0.1) is 0 Å². The molecule has 8 heteroatoms. The van der Waals surface area contributed by atoms with Gasteiger partial charge in [0, 0.05) is 19.3 Å². The van der Waals surface area contributed by atoms with Gasteiger partial charge >= 0.3 is 12.0 Å². The molecule has 0 aromatic carbocycles. The number of aryl methyl sites for hydroxylation is 1. The van der Waals surface area contributed by atoms with Crippen molar-refractivity contribution >= 4 is 12.0 Å². The van der Waals surface area contributed by atoms with Crippen LogP contribution in [0.15, 0.2) is 6.20 Å². The molecule has 0 saturated carbocycles. The highest BCUT2D eigenvalue weighted by atomic mass is 16.5. The van der Waals surface area contributed by atoms with Crippen molar-refractivity contribution in [2.75, 3.05) is 33.4 Å². The fraction of sp³-hybridized carbons (Fsp3) is 0.625. The van der Waals surface area contributed by atoms with Crippen molar-refractivity contribution in [1.29, 1.82) is 0 Å². The molecular weight excluding hydrogens is 312 g/mol. The van der Waals surface area contributed by atoms with Crippen LogP contribution in [-0.4, -0.2) is 60.2 Å². The van der Waals surface area contributed by atoms with Gasteiger partial charge < -0.3 is 19.7 Å². The zero-order valence-corrected chi connectivity index (χ0v) is 14.0. The van der Waals surface area contributed by atoms with Crippen LogP contribution in [0.3, 0.4) is 0 Å². The minimum absolute atomic E-state index is 0.122. The molecule has 2 amide bonds. The van der Waals surface area contributed by atoms with E-state index in [4.69, 9.17) is 4.74 Å². The van der Waals surface area contributed by atoms with E-state index in [1.807, 2.05) is 13.1 Å². The number of amides is 2. The predicted octanol–water partition coefficient (Wildman–Crippen LogP) is 0.531. The Morgan fingerprint density at radius 1 is 1.42 bits per heavy atom. The largest absolute Gasteiger partial charge is 0.468 e. The average molecular weight is 334 g/mol. The van der Waals surface area contributed by atoms with Gasteiger partial charge in [0.25, 0.3) is 0 Å². The summed E-state index contributed by atoms with van der Waals surface area (Å²) < 4.78 is 10.6. The van der Waals surface area contributed by atoms with Gasteiger partial charge in [0.1, 0.15) is 18.0 Å². The van der Waals surface area contributed by atoms with Gasteiger partial charge in [-0.3, -0.25) is 4.79 Å². The van der Waals surface area contributed by atoms with Crippen molar-refractivity contribution in [2.45, 2.75) is 31.8 Å². The standard InChI is InChI=1S/C16H22N4O4/c1-11-17-9-12-3-8-24-16(14(12)19-11)4-6-20(7-5-16)15(22)18-10-13(21)23-2/h9H,3-8,10H2,1-2H3,(H,18,22). The Balaban J connectivity index is 1.66. The molecule has 1 saturated heterocycles. The smallest absolute Gasteiger partial charge is 0.325 e. The molecule has 3 heterocycles. The molecule has 0 unspecified atom stereocenters. The van der Waals surface area contributed by atoms with Gasteiger partial charge in [0.15, 0.2) is 0 Å². The van der Waals surface area contributed by atoms with E-state index in [0.29, 0.717) is 32.5 Å². The fourth-order valence-corrected chi connectivity index (χ4v) is 3.28. The molecule has 1 fully saturated rings. The SMILES string of the molecule is COC(=O)CNC(=O)N1CCC2(CC1)OCCc1cnc(C)nc12. The van der Waals surface area contributed by atoms with Crippen LogP contribution in [0.2, 0.25) is 0 Å². The van der Waals surface area contributed by atoms with Crippen LogP contribution >= 0.6 is 0 Å². The lowest BCUT2D eigenvalue weighted by molar-refractivity contribution is -0.139. The number of likely N-dealkylation sites (tertiary alicyclic amines) is 1. The van der Waals surface area contributed by atoms with E-state index < -0.39 is 11.6 Å². The first-order chi connectivity index (χ1) is 11.5. The number of carbonyl (C=O) groups is 2. The number of rotatable bonds is 2. The van der Waals surface area contributed by atoms with Gasteiger partial charge in [0.2, 0.25) is 0 Å². The normalized spacial score (nSPS) is 18.8. The molecule has 0 bridgehead atoms. The number of hydrogen-bond acceptors (Lipinski definition) is 6. The number of piperidine rings is 1. The first-order valence-corrected chi connectivity index (χ1v) is 8.10. The summed E-state index contributed by atoms with van der Waals surface area (Å²) in [6.07, 6.45) is 4.07. The molecule has 0 aliphatic carbocycles. The van der Waals surface area contributed by atoms with Gasteiger partial charge in [-0.05, 0) is 31.7 Å². The second kappa shape index (κ2) is 6.72. The molecule has 3 rings (SSSR count). The molecule has 1 aromatic rings. The van der Waals surface area contributed by atoms with Crippen LogP contribution < -0.4 is 5.32 Å². The van der Waals surface area contributed by atoms with Crippen molar-refractivity contribution in [2.24, 2.45) is 0 Å². The quantitative estimate of drug-likeness (QED) is 0.793. The number of fused-ring (bicyclic) bond motifs is 2. The topological polar surface area (TPSA) is 93.7 Å². The van der Waals surface area contributed by atoms with Crippen LogP contribution in [-0.2, 0) is 26.3 Å². The number of esters is 1. The average Bonchev–Trinajstić information content (AvgIpc) is 2.61. The molecule has 1 aromatic heterocycles. The maximum absolute atomic E-state index is 12.1. The summed E-state index contributed by atoms with van der Waals surface area (Å²) in [6, 6.07) is -0.259. The molecule has 0 radical (unpaired) electrons. The number of aromatic nitrogens is 2. The fourth-order valence-electron chi connectivity index (χ4n) is 3.28. The summed E-state index contributed by atoms with van der Waals surface area (Å²) in [5.74, 6) is 0.269. The number of nitrogens with zero attached hydrogens (tertiary/aromatic N) is 3. The molecular formula is C16H22N4O4. The van der Waals surface area contributed by atoms with E-state index >= 15 is 0 Å². The summed E-state index contributed by atoms with van der Waals surface area (Å²) in [4.78, 5) is 33.8. The lowest BCUT2D eigenvalue weighted by atomic mass is 9.83. The molecule has 2 aliphatic heterocycles. The number of urea groups is 1. The van der Waals surface area contributed by atoms with E-state index in [0.717, 1.165) is 23.5 Å². The maximum Gasteiger partial charge on any atom is 0.325 e. The first kappa shape index (κ1) is 16.6. The second-order valence-electron chi connectivity index (χ2n) is 6.11. The first-order valence-electron chi connectivity index (χ1n) is 8.10. The van der Waals surface area contributed by atoms with Crippen molar-refractivity contribution < 1.29 is 19.1 Å². The van der Waals surface area contributed by atoms with Crippen LogP contribution in [0, 0.1) is 6.92 Å². The second-order valence-corrected chi connectivity index (χ2v) is 6.11. The molecule has 8 nitrogen and oxygen atoms in total. The number of nitrogens with one attached hydrogen (secondary N) is 1. The molecule has 1 N–H and O–H groups in total. The minimum Gasteiger partial charge on any atom is -0.468 e. The highest BCUT2D eigenvalue weighted by Gasteiger charge is 2.43. The Labute approximate surface area is 140 Å². The summed E-state index contributed by atoms with van der Waals surface area (Å²) in [5.41, 5.74) is 1.67. The van der Waals surface area contributed by atoms with Crippen molar-refractivity contribution in [3.05, 3.63) is 23.3 Å². The van der Waals surface area contributed by atoms with E-state index in [9.17, 15) is 9.59 Å². The van der Waals surface area contributed by atoms with Gasteiger partial charge in [-0.25, -0.2) is 14.8 Å². The maximum atomic E-state index is 12.1. The Hall–Kier alpha value is -2.22. The Bertz CT molecular complexity index is 641. The third-order valence-electron chi connectivity index (χ3n) is 4.64. The number of hydrogen-bond donors (Lipinski definition) is 1. The van der Waals surface area contributed by atoms with Crippen molar-refractivity contribution in [3.63, 3.8) is 0 Å². The van der Waals surface area contributed by atoms with E-state index in [2.05, 4.69) is 20.0 Å². The summed E-state index contributed by atoms with van der Waals surface area (Å²) in [7, 11) is 1.29. The van der Waals surface area contributed by atoms with E-state index in [1.54, 1.807) is 4.90 Å². The highest BCUT2D eigenvalue weighted by Crippen LogP contribution is 2.40. The van der Waals surface area contributed by atoms with Gasteiger partial charge in [-0.1, -0.05) is 0 Å². The van der Waals surface area contributed by atoms with E-state index in [1.165, 1.54) is 7.11 Å². The summed E-state index contributed by atoms with van der Waals surface area (Å²) in [6.45, 7) is 3.50. The van der Waals surface area contributed by atoms with Crippen LogP contribution in [0.1, 0.15) is 29.9 Å². The lowest BCUT2D eigenvalue weighted by Gasteiger charge is -2.43. The van der Waals surface area contributed by atoms with Crippen LogP contribution in [0.25, 0.3) is 0 Å². The number of ether oxygens (including phenoxy) is 2. The predicted molar refractivity (Wildman–Crippen MR) is 84.3 cm³/mol. The number of methoxy groups -OCH3 is 1. The zero-order valence-electron chi connectivity index (χ0n) is 14.0. The molecule has 2 aliphatic rings. The van der Waals surface area contributed by atoms with Crippen molar-refractivity contribution in [3.8, 4) is 0 Å². The van der Waals surface area contributed by atoms with Crippen molar-refractivity contribution in [1.82, 2.24) is 20.2 Å². The lowest BCUT2D eigenvalue weighted by Crippen LogP contribution is -2.51. The Morgan fingerprint density at radius 2 is 2.17 bits per heavy atom. The summed E-state index contributed by atoms with van der Waals surface area (Å²) >= 11 is 0. The van der Waals surface area contributed by atoms with Gasteiger partial charge in [0.05, 0.1) is 19.4 Å². The summed E-state index contributed by atoms with van der Waals surface area (Å²) in [5, 5.41) is 2.57. The highest BCUT2D eigenvalue weighted by molar-refractivity contribution is 5.80. The third-order valence-corrected chi connectivity index (χ3v) is 4.64. The Kier molecular flexibility index (Phi) is 4.66. The Morgan fingerprint density at radius 3 is 2.88 bits per heavy atom. The van der Waals surface area contributed by atoms with Crippen LogP contribution in [0.5, 0.6) is 0 Å². The number of carbonyl (C=O) groups excluding carboxylic acids is 2. The zero-order chi connectivity index (χ0) is 17.2. The minimum atomic E-state index is -0.464.